The second kappa shape index (κ2) is 9.91. The van der Waals surface area contributed by atoms with Crippen molar-refractivity contribution in [2.45, 2.75) is 19.1 Å². The smallest absolute Gasteiger partial charge is 0.335 e. The van der Waals surface area contributed by atoms with Gasteiger partial charge in [0.05, 0.1) is 17.3 Å². The normalized spacial score (nSPS) is 15.4. The van der Waals surface area contributed by atoms with Gasteiger partial charge in [0.15, 0.2) is 5.69 Å². The summed E-state index contributed by atoms with van der Waals surface area (Å²) in [5.74, 6) is -1.05. The Kier molecular flexibility index (Phi) is 6.90. The highest BCUT2D eigenvalue weighted by atomic mass is 19.4. The molecule has 0 spiro atoms. The van der Waals surface area contributed by atoms with Crippen LogP contribution >= 0.6 is 0 Å². The van der Waals surface area contributed by atoms with Gasteiger partial charge in [-0.05, 0) is 42.8 Å². The number of piperazine rings is 1. The van der Waals surface area contributed by atoms with E-state index in [-0.39, 0.29) is 24.5 Å². The molecular formula is C25H21F4N5O2. The Hall–Kier alpha value is -4.04. The first-order chi connectivity index (χ1) is 17.1. The Bertz CT molecular complexity index is 1370. The van der Waals surface area contributed by atoms with Crippen LogP contribution in [0.15, 0.2) is 59.4 Å². The Morgan fingerprint density at radius 3 is 2.33 bits per heavy atom. The van der Waals surface area contributed by atoms with Gasteiger partial charge in [0.1, 0.15) is 11.9 Å². The molecule has 0 saturated carbocycles. The van der Waals surface area contributed by atoms with Crippen LogP contribution in [-0.4, -0.2) is 51.7 Å². The van der Waals surface area contributed by atoms with Gasteiger partial charge in [0.25, 0.3) is 5.91 Å². The van der Waals surface area contributed by atoms with Gasteiger partial charge in [-0.25, -0.2) is 9.07 Å². The molecule has 2 heterocycles. The number of halogens is 4. The van der Waals surface area contributed by atoms with Crippen molar-refractivity contribution in [2.75, 3.05) is 26.2 Å². The standard InChI is InChI=1S/C25H21F4N5O2/c1-16-13-22(35)23(31-34(16)20-4-2-3-18(14-20)25(27,28)29)24(36)33-11-9-32(10-12-33)21(15-30)17-5-7-19(26)8-6-17/h2-8,13-14,21H,9-12H2,1H3/t21-/m1/s1. The molecule has 0 radical (unpaired) electrons. The predicted octanol–water partition coefficient (Wildman–Crippen LogP) is 3.72. The molecule has 0 N–H and O–H groups in total. The summed E-state index contributed by atoms with van der Waals surface area (Å²) < 4.78 is 53.9. The minimum absolute atomic E-state index is 0.0670. The lowest BCUT2D eigenvalue weighted by Crippen LogP contribution is -2.50. The van der Waals surface area contributed by atoms with Crippen molar-refractivity contribution in [3.05, 3.63) is 93.2 Å². The quantitative estimate of drug-likeness (QED) is 0.511. The van der Waals surface area contributed by atoms with Crippen molar-refractivity contribution < 1.29 is 22.4 Å². The fourth-order valence-electron chi connectivity index (χ4n) is 4.12. The molecule has 4 rings (SSSR count). The minimum Gasteiger partial charge on any atom is -0.335 e. The molecular weight excluding hydrogens is 478 g/mol. The lowest BCUT2D eigenvalue weighted by molar-refractivity contribution is -0.137. The van der Waals surface area contributed by atoms with E-state index in [0.717, 1.165) is 22.9 Å². The number of alkyl halides is 3. The zero-order valence-electron chi connectivity index (χ0n) is 19.2. The SMILES string of the molecule is Cc1cc(=O)c(C(=O)N2CCN([C@H](C#N)c3ccc(F)cc3)CC2)nn1-c1cccc(C(F)(F)F)c1. The van der Waals surface area contributed by atoms with E-state index in [2.05, 4.69) is 11.2 Å². The predicted molar refractivity (Wildman–Crippen MR) is 122 cm³/mol. The average Bonchev–Trinajstić information content (AvgIpc) is 2.85. The van der Waals surface area contributed by atoms with Crippen LogP contribution in [0.2, 0.25) is 0 Å². The van der Waals surface area contributed by atoms with E-state index >= 15 is 0 Å². The maximum Gasteiger partial charge on any atom is 0.416 e. The fourth-order valence-corrected chi connectivity index (χ4v) is 4.12. The van der Waals surface area contributed by atoms with E-state index in [1.54, 1.807) is 0 Å². The van der Waals surface area contributed by atoms with Crippen LogP contribution in [0, 0.1) is 24.1 Å². The van der Waals surface area contributed by atoms with E-state index in [1.165, 1.54) is 48.2 Å². The van der Waals surface area contributed by atoms with Crippen LogP contribution in [0.3, 0.4) is 0 Å². The molecule has 2 aromatic carbocycles. The Labute approximate surface area is 203 Å². The van der Waals surface area contributed by atoms with Crippen LogP contribution in [-0.2, 0) is 6.18 Å². The lowest BCUT2D eigenvalue weighted by atomic mass is 10.1. The van der Waals surface area contributed by atoms with Crippen LogP contribution in [0.25, 0.3) is 5.69 Å². The molecule has 0 bridgehead atoms. The largest absolute Gasteiger partial charge is 0.416 e. The first-order valence-corrected chi connectivity index (χ1v) is 11.1. The van der Waals surface area contributed by atoms with E-state index in [0.29, 0.717) is 18.7 Å². The van der Waals surface area contributed by atoms with E-state index in [9.17, 15) is 32.4 Å². The molecule has 186 valence electrons. The van der Waals surface area contributed by atoms with Crippen LogP contribution in [0.5, 0.6) is 0 Å². The van der Waals surface area contributed by atoms with Gasteiger partial charge in [-0.15, -0.1) is 0 Å². The summed E-state index contributed by atoms with van der Waals surface area (Å²) in [5, 5.41) is 13.7. The summed E-state index contributed by atoms with van der Waals surface area (Å²) in [4.78, 5) is 29.0. The number of aromatic nitrogens is 2. The van der Waals surface area contributed by atoms with Crippen molar-refractivity contribution in [1.82, 2.24) is 19.6 Å². The van der Waals surface area contributed by atoms with Crippen LogP contribution < -0.4 is 5.43 Å². The zero-order chi connectivity index (χ0) is 26.0. The Morgan fingerprint density at radius 2 is 1.72 bits per heavy atom. The summed E-state index contributed by atoms with van der Waals surface area (Å²) in [6, 6.07) is 12.8. The number of benzene rings is 2. The Balaban J connectivity index is 1.54. The number of hydrogen-bond acceptors (Lipinski definition) is 5. The van der Waals surface area contributed by atoms with Gasteiger partial charge in [-0.3, -0.25) is 14.5 Å². The second-order valence-corrected chi connectivity index (χ2v) is 8.37. The van der Waals surface area contributed by atoms with E-state index in [1.807, 2.05) is 4.90 Å². The first kappa shape index (κ1) is 25.1. The molecule has 1 saturated heterocycles. The molecule has 36 heavy (non-hydrogen) atoms. The molecule has 1 aromatic heterocycles. The number of rotatable bonds is 4. The van der Waals surface area contributed by atoms with Gasteiger partial charge in [0, 0.05) is 37.9 Å². The third kappa shape index (κ3) is 5.13. The van der Waals surface area contributed by atoms with Crippen molar-refractivity contribution in [2.24, 2.45) is 0 Å². The van der Waals surface area contributed by atoms with Crippen molar-refractivity contribution in [1.29, 1.82) is 5.26 Å². The van der Waals surface area contributed by atoms with Crippen molar-refractivity contribution >= 4 is 5.91 Å². The summed E-state index contributed by atoms with van der Waals surface area (Å²) >= 11 is 0. The molecule has 0 unspecified atom stereocenters. The van der Waals surface area contributed by atoms with Gasteiger partial charge in [0.2, 0.25) is 5.43 Å². The van der Waals surface area contributed by atoms with E-state index in [4.69, 9.17) is 0 Å². The number of nitrogens with zero attached hydrogens (tertiary/aromatic N) is 5. The van der Waals surface area contributed by atoms with Crippen molar-refractivity contribution in [3.63, 3.8) is 0 Å². The summed E-state index contributed by atoms with van der Waals surface area (Å²) in [7, 11) is 0. The molecule has 7 nitrogen and oxygen atoms in total. The van der Waals surface area contributed by atoms with Gasteiger partial charge in [-0.1, -0.05) is 18.2 Å². The number of nitriles is 1. The van der Waals surface area contributed by atoms with Gasteiger partial charge in [-0.2, -0.15) is 23.5 Å². The van der Waals surface area contributed by atoms with Crippen LogP contribution in [0.1, 0.15) is 33.4 Å². The topological polar surface area (TPSA) is 82.2 Å². The Morgan fingerprint density at radius 1 is 1.06 bits per heavy atom. The monoisotopic (exact) mass is 499 g/mol. The molecule has 3 aromatic rings. The molecule has 1 atom stereocenters. The van der Waals surface area contributed by atoms with Crippen LogP contribution in [0.4, 0.5) is 17.6 Å². The number of carbonyl (C=O) groups excluding carboxylic acids is 1. The highest BCUT2D eigenvalue weighted by Crippen LogP contribution is 2.30. The first-order valence-electron chi connectivity index (χ1n) is 11.1. The molecule has 11 heteroatoms. The maximum atomic E-state index is 13.2. The number of amides is 1. The summed E-state index contributed by atoms with van der Waals surface area (Å²) in [6.07, 6.45) is -4.56. The fraction of sp³-hybridized carbons (Fsp3) is 0.280. The average molecular weight is 499 g/mol. The molecule has 1 fully saturated rings. The molecule has 1 aliphatic heterocycles. The number of carbonyl (C=O) groups is 1. The van der Waals surface area contributed by atoms with Crippen molar-refractivity contribution in [3.8, 4) is 11.8 Å². The lowest BCUT2D eigenvalue weighted by Gasteiger charge is -2.36. The molecule has 0 aliphatic carbocycles. The summed E-state index contributed by atoms with van der Waals surface area (Å²) in [5.41, 5.74) is -0.944. The third-order valence-corrected chi connectivity index (χ3v) is 6.00. The third-order valence-electron chi connectivity index (χ3n) is 6.00. The molecule has 1 amide bonds. The summed E-state index contributed by atoms with van der Waals surface area (Å²) in [6.45, 7) is 2.58. The maximum absolute atomic E-state index is 13.2. The van der Waals surface area contributed by atoms with E-state index < -0.39 is 40.6 Å². The zero-order valence-corrected chi connectivity index (χ0v) is 19.2. The van der Waals surface area contributed by atoms with Gasteiger partial charge >= 0.3 is 6.18 Å². The second-order valence-electron chi connectivity index (χ2n) is 8.37. The minimum atomic E-state index is -4.56. The number of aryl methyl sites for hydroxylation is 1. The highest BCUT2D eigenvalue weighted by Gasteiger charge is 2.32. The van der Waals surface area contributed by atoms with Gasteiger partial charge < -0.3 is 4.90 Å². The highest BCUT2D eigenvalue weighted by molar-refractivity contribution is 5.92. The number of hydrogen-bond donors (Lipinski definition) is 0. The molecule has 1 aliphatic rings.